The smallest absolute Gasteiger partial charge is 0.252 e. The first-order chi connectivity index (χ1) is 13.8. The van der Waals surface area contributed by atoms with Crippen LogP contribution in [0.25, 0.3) is 0 Å². The first-order valence-corrected chi connectivity index (χ1v) is 9.35. The Balaban J connectivity index is 2.06. The number of nitrogens with zero attached hydrogens (tertiary/aromatic N) is 1. The predicted octanol–water partition coefficient (Wildman–Crippen LogP) is 3.72. The molecule has 8 heteroatoms. The summed E-state index contributed by atoms with van der Waals surface area (Å²) >= 11 is 5.98. The quantitative estimate of drug-likeness (QED) is 0.389. The van der Waals surface area contributed by atoms with E-state index in [4.69, 9.17) is 21.1 Å². The molecule has 0 aliphatic heterocycles. The van der Waals surface area contributed by atoms with Gasteiger partial charge in [-0.1, -0.05) is 25.4 Å². The van der Waals surface area contributed by atoms with Gasteiger partial charge in [0.15, 0.2) is 0 Å². The molecule has 0 bridgehead atoms. The van der Waals surface area contributed by atoms with Crippen LogP contribution in [0.4, 0.5) is 5.69 Å². The van der Waals surface area contributed by atoms with Gasteiger partial charge in [0.2, 0.25) is 5.91 Å². The molecule has 0 saturated heterocycles. The van der Waals surface area contributed by atoms with Gasteiger partial charge in [-0.2, -0.15) is 5.10 Å². The lowest BCUT2D eigenvalue weighted by Gasteiger charge is -2.18. The molecule has 0 aliphatic rings. The normalized spacial score (nSPS) is 11.9. The van der Waals surface area contributed by atoms with E-state index in [1.165, 1.54) is 13.3 Å². The Bertz CT molecular complexity index is 882. The van der Waals surface area contributed by atoms with Crippen molar-refractivity contribution in [1.82, 2.24) is 5.43 Å². The molecule has 2 N–H and O–H groups in total. The number of benzene rings is 2. The van der Waals surface area contributed by atoms with Gasteiger partial charge in [0.1, 0.15) is 17.4 Å². The van der Waals surface area contributed by atoms with Crippen molar-refractivity contribution in [3.8, 4) is 11.5 Å². The Kier molecular flexibility index (Phi) is 8.03. The maximum absolute atomic E-state index is 12.6. The lowest BCUT2D eigenvalue weighted by Crippen LogP contribution is -2.39. The van der Waals surface area contributed by atoms with Crippen LogP contribution in [0.3, 0.4) is 0 Å². The van der Waals surface area contributed by atoms with Crippen LogP contribution in [0, 0.1) is 11.8 Å². The highest BCUT2D eigenvalue weighted by molar-refractivity contribution is 6.30. The van der Waals surface area contributed by atoms with E-state index in [0.29, 0.717) is 27.8 Å². The molecule has 29 heavy (non-hydrogen) atoms. The van der Waals surface area contributed by atoms with Gasteiger partial charge in [0.25, 0.3) is 5.91 Å². The molecule has 0 aliphatic carbocycles. The molecular weight excluding hydrogens is 394 g/mol. The molecule has 2 aromatic carbocycles. The van der Waals surface area contributed by atoms with Gasteiger partial charge in [0, 0.05) is 16.3 Å². The van der Waals surface area contributed by atoms with Gasteiger partial charge in [-0.3, -0.25) is 9.59 Å². The van der Waals surface area contributed by atoms with Crippen LogP contribution < -0.4 is 20.2 Å². The SMILES string of the molecule is COc1ccc(NC(=O)C(C(=O)NN=Cc2cc(Cl)ccc2OC)C(C)C)cc1. The summed E-state index contributed by atoms with van der Waals surface area (Å²) in [5.41, 5.74) is 3.59. The molecule has 0 heterocycles. The molecule has 1 atom stereocenters. The van der Waals surface area contributed by atoms with Gasteiger partial charge in [-0.05, 0) is 48.4 Å². The second-order valence-corrected chi connectivity index (χ2v) is 7.00. The molecule has 154 valence electrons. The standard InChI is InChI=1S/C21H24ClN3O4/c1-13(2)19(20(26)24-16-6-8-17(28-3)9-7-16)21(27)25-23-12-14-11-15(22)5-10-18(14)29-4/h5-13,19H,1-4H3,(H,24,26)(H,25,27). The van der Waals surface area contributed by atoms with E-state index in [-0.39, 0.29) is 5.92 Å². The number of hydrogen-bond acceptors (Lipinski definition) is 5. The molecule has 7 nitrogen and oxygen atoms in total. The van der Waals surface area contributed by atoms with E-state index in [1.807, 2.05) is 0 Å². The summed E-state index contributed by atoms with van der Waals surface area (Å²) in [6.07, 6.45) is 1.42. The number of hydrogen-bond donors (Lipinski definition) is 2. The second-order valence-electron chi connectivity index (χ2n) is 6.56. The molecule has 1 unspecified atom stereocenters. The summed E-state index contributed by atoms with van der Waals surface area (Å²) in [4.78, 5) is 25.2. The minimum Gasteiger partial charge on any atom is -0.497 e. The maximum atomic E-state index is 12.6. The number of nitrogens with one attached hydrogen (secondary N) is 2. The highest BCUT2D eigenvalue weighted by Gasteiger charge is 2.30. The van der Waals surface area contributed by atoms with E-state index in [1.54, 1.807) is 63.4 Å². The van der Waals surface area contributed by atoms with Crippen molar-refractivity contribution >= 4 is 35.3 Å². The van der Waals surface area contributed by atoms with Crippen molar-refractivity contribution < 1.29 is 19.1 Å². The van der Waals surface area contributed by atoms with Crippen molar-refractivity contribution in [2.45, 2.75) is 13.8 Å². The van der Waals surface area contributed by atoms with E-state index in [2.05, 4.69) is 15.8 Å². The van der Waals surface area contributed by atoms with Crippen molar-refractivity contribution in [3.63, 3.8) is 0 Å². The summed E-state index contributed by atoms with van der Waals surface area (Å²) in [6, 6.07) is 11.9. The lowest BCUT2D eigenvalue weighted by molar-refractivity contribution is -0.134. The van der Waals surface area contributed by atoms with Crippen LogP contribution in [0.5, 0.6) is 11.5 Å². The molecule has 0 spiro atoms. The average Bonchev–Trinajstić information content (AvgIpc) is 2.68. The van der Waals surface area contributed by atoms with Crippen molar-refractivity contribution in [2.24, 2.45) is 16.9 Å². The highest BCUT2D eigenvalue weighted by Crippen LogP contribution is 2.21. The summed E-state index contributed by atoms with van der Waals surface area (Å²) in [6.45, 7) is 3.59. The Hall–Kier alpha value is -3.06. The number of hydrazone groups is 1. The minimum absolute atomic E-state index is 0.232. The maximum Gasteiger partial charge on any atom is 0.252 e. The number of halogens is 1. The summed E-state index contributed by atoms with van der Waals surface area (Å²) in [5, 5.41) is 7.20. The van der Waals surface area contributed by atoms with Gasteiger partial charge in [-0.25, -0.2) is 5.43 Å². The summed E-state index contributed by atoms with van der Waals surface area (Å²) in [7, 11) is 3.09. The Labute approximate surface area is 175 Å². The molecule has 0 radical (unpaired) electrons. The lowest BCUT2D eigenvalue weighted by atomic mass is 9.94. The number of methoxy groups -OCH3 is 2. The zero-order chi connectivity index (χ0) is 21.4. The third-order valence-electron chi connectivity index (χ3n) is 4.16. The molecular formula is C21H24ClN3O4. The zero-order valence-corrected chi connectivity index (χ0v) is 17.5. The molecule has 0 fully saturated rings. The van der Waals surface area contributed by atoms with Gasteiger partial charge in [0.05, 0.1) is 20.4 Å². The predicted molar refractivity (Wildman–Crippen MR) is 114 cm³/mol. The van der Waals surface area contributed by atoms with Crippen LogP contribution in [-0.2, 0) is 9.59 Å². The third-order valence-corrected chi connectivity index (χ3v) is 4.39. The van der Waals surface area contributed by atoms with Crippen molar-refractivity contribution in [2.75, 3.05) is 19.5 Å². The molecule has 0 saturated carbocycles. The fourth-order valence-corrected chi connectivity index (χ4v) is 2.84. The highest BCUT2D eigenvalue weighted by atomic mass is 35.5. The minimum atomic E-state index is -0.921. The first-order valence-electron chi connectivity index (χ1n) is 8.97. The zero-order valence-electron chi connectivity index (χ0n) is 16.7. The van der Waals surface area contributed by atoms with Gasteiger partial charge in [-0.15, -0.1) is 0 Å². The fourth-order valence-electron chi connectivity index (χ4n) is 2.66. The van der Waals surface area contributed by atoms with Crippen LogP contribution >= 0.6 is 11.6 Å². The first kappa shape index (κ1) is 22.2. The van der Waals surface area contributed by atoms with Crippen molar-refractivity contribution in [3.05, 3.63) is 53.1 Å². The fraction of sp³-hybridized carbons (Fsp3) is 0.286. The number of amides is 2. The third kappa shape index (κ3) is 6.22. The molecule has 2 rings (SSSR count). The van der Waals surface area contributed by atoms with Gasteiger partial charge < -0.3 is 14.8 Å². The molecule has 2 amide bonds. The van der Waals surface area contributed by atoms with Crippen LogP contribution in [0.1, 0.15) is 19.4 Å². The van der Waals surface area contributed by atoms with Gasteiger partial charge >= 0.3 is 0 Å². The van der Waals surface area contributed by atoms with E-state index in [0.717, 1.165) is 0 Å². The average molecular weight is 418 g/mol. The topological polar surface area (TPSA) is 89.0 Å². The van der Waals surface area contributed by atoms with E-state index >= 15 is 0 Å². The van der Waals surface area contributed by atoms with Crippen LogP contribution in [0.2, 0.25) is 5.02 Å². The Morgan fingerprint density at radius 2 is 1.72 bits per heavy atom. The van der Waals surface area contributed by atoms with Crippen LogP contribution in [0.15, 0.2) is 47.6 Å². The van der Waals surface area contributed by atoms with Crippen molar-refractivity contribution in [1.29, 1.82) is 0 Å². The number of carbonyl (C=O) groups is 2. The number of carbonyl (C=O) groups excluding carboxylic acids is 2. The summed E-state index contributed by atoms with van der Waals surface area (Å²) < 4.78 is 10.3. The van der Waals surface area contributed by atoms with E-state index in [9.17, 15) is 9.59 Å². The largest absolute Gasteiger partial charge is 0.497 e. The molecule has 0 aromatic heterocycles. The van der Waals surface area contributed by atoms with E-state index < -0.39 is 17.7 Å². The number of anilines is 1. The molecule has 2 aromatic rings. The van der Waals surface area contributed by atoms with Crippen LogP contribution in [-0.4, -0.2) is 32.2 Å². The second kappa shape index (κ2) is 10.5. The Morgan fingerprint density at radius 3 is 2.31 bits per heavy atom. The Morgan fingerprint density at radius 1 is 1.03 bits per heavy atom. The number of ether oxygens (including phenoxy) is 2. The number of rotatable bonds is 8. The monoisotopic (exact) mass is 417 g/mol. The summed E-state index contributed by atoms with van der Waals surface area (Å²) in [5.74, 6) is -0.849.